The van der Waals surface area contributed by atoms with E-state index >= 15 is 0 Å². The number of H-pyrrole nitrogens is 1. The molecule has 7 heteroatoms. The molecule has 1 aliphatic rings. The van der Waals surface area contributed by atoms with Gasteiger partial charge in [-0.1, -0.05) is 12.1 Å². The Balaban J connectivity index is 1.35. The van der Waals surface area contributed by atoms with Gasteiger partial charge in [-0.15, -0.1) is 0 Å². The summed E-state index contributed by atoms with van der Waals surface area (Å²) in [6.07, 6.45) is 5.72. The summed E-state index contributed by atoms with van der Waals surface area (Å²) in [5.41, 5.74) is 3.29. The lowest BCUT2D eigenvalue weighted by Gasteiger charge is -2.23. The number of hydrogen-bond acceptors (Lipinski definition) is 5. The number of aromatic nitrogens is 2. The van der Waals surface area contributed by atoms with E-state index in [0.29, 0.717) is 24.9 Å². The van der Waals surface area contributed by atoms with Crippen molar-refractivity contribution in [2.24, 2.45) is 0 Å². The highest BCUT2D eigenvalue weighted by Gasteiger charge is 2.28. The second-order valence-electron chi connectivity index (χ2n) is 8.29. The molecule has 0 saturated heterocycles. The van der Waals surface area contributed by atoms with Gasteiger partial charge in [0.25, 0.3) is 0 Å². The van der Waals surface area contributed by atoms with Crippen LogP contribution in [0.15, 0.2) is 54.9 Å². The van der Waals surface area contributed by atoms with Crippen LogP contribution in [0.4, 0.5) is 10.1 Å². The van der Waals surface area contributed by atoms with Crippen molar-refractivity contribution < 1.29 is 9.13 Å². The molecule has 1 fully saturated rings. The summed E-state index contributed by atoms with van der Waals surface area (Å²) in [6, 6.07) is 14.1. The average molecular weight is 424 g/mol. The van der Waals surface area contributed by atoms with E-state index in [2.05, 4.69) is 37.4 Å². The number of hydrogen-bond donors (Lipinski definition) is 2. The van der Waals surface area contributed by atoms with Crippen molar-refractivity contribution in [1.29, 1.82) is 0 Å². The van der Waals surface area contributed by atoms with E-state index in [4.69, 9.17) is 4.74 Å². The first-order valence-corrected chi connectivity index (χ1v) is 10.7. The van der Waals surface area contributed by atoms with E-state index in [1.807, 2.05) is 32.3 Å². The first kappa shape index (κ1) is 21.3. The molecule has 31 heavy (non-hydrogen) atoms. The molecule has 0 bridgehead atoms. The fourth-order valence-electron chi connectivity index (χ4n) is 3.52. The molecule has 1 aromatic heterocycles. The van der Waals surface area contributed by atoms with Crippen LogP contribution < -0.4 is 10.1 Å². The third-order valence-corrected chi connectivity index (χ3v) is 5.42. The van der Waals surface area contributed by atoms with Gasteiger partial charge in [-0.2, -0.15) is 5.10 Å². The van der Waals surface area contributed by atoms with Crippen molar-refractivity contribution in [3.8, 4) is 16.9 Å². The third kappa shape index (κ3) is 6.06. The molecule has 2 N–H and O–H groups in total. The lowest BCUT2D eigenvalue weighted by molar-refractivity contribution is 0.258. The largest absolute Gasteiger partial charge is 0.492 e. The maximum absolute atomic E-state index is 14.5. The lowest BCUT2D eigenvalue weighted by atomic mass is 10.1. The highest BCUT2D eigenvalue weighted by Crippen LogP contribution is 2.29. The van der Waals surface area contributed by atoms with E-state index < -0.39 is 0 Å². The molecule has 2 aromatic carbocycles. The predicted octanol–water partition coefficient (Wildman–Crippen LogP) is 4.19. The summed E-state index contributed by atoms with van der Waals surface area (Å²) >= 11 is 0. The van der Waals surface area contributed by atoms with E-state index in [-0.39, 0.29) is 5.82 Å². The molecule has 1 aliphatic carbocycles. The Kier molecular flexibility index (Phi) is 6.84. The van der Waals surface area contributed by atoms with E-state index in [0.717, 1.165) is 30.1 Å². The van der Waals surface area contributed by atoms with Crippen molar-refractivity contribution >= 4 is 5.69 Å². The molecule has 4 rings (SSSR count). The molecular weight excluding hydrogens is 393 g/mol. The van der Waals surface area contributed by atoms with Crippen LogP contribution in [0.25, 0.3) is 11.1 Å². The average Bonchev–Trinajstić information content (AvgIpc) is 3.45. The Morgan fingerprint density at radius 1 is 1.19 bits per heavy atom. The number of halogens is 1. The summed E-state index contributed by atoms with van der Waals surface area (Å²) in [6.45, 7) is 3.06. The van der Waals surface area contributed by atoms with Gasteiger partial charge in [0.1, 0.15) is 18.2 Å². The van der Waals surface area contributed by atoms with Gasteiger partial charge in [0.05, 0.1) is 12.9 Å². The molecule has 0 unspecified atom stereocenters. The zero-order valence-corrected chi connectivity index (χ0v) is 18.1. The molecule has 3 aromatic rings. The van der Waals surface area contributed by atoms with Gasteiger partial charge < -0.3 is 15.0 Å². The number of aromatic amines is 1. The first-order valence-electron chi connectivity index (χ1n) is 10.7. The maximum atomic E-state index is 14.5. The van der Waals surface area contributed by atoms with Gasteiger partial charge in [0, 0.05) is 42.1 Å². The van der Waals surface area contributed by atoms with Crippen LogP contribution in [0.5, 0.6) is 5.75 Å². The van der Waals surface area contributed by atoms with Crippen LogP contribution in [0.2, 0.25) is 0 Å². The zero-order chi connectivity index (χ0) is 21.6. The number of benzene rings is 2. The minimum absolute atomic E-state index is 0.257. The van der Waals surface area contributed by atoms with Crippen LogP contribution >= 0.6 is 0 Å². The number of ether oxygens (including phenoxy) is 1. The van der Waals surface area contributed by atoms with Gasteiger partial charge in [-0.25, -0.2) is 4.39 Å². The highest BCUT2D eigenvalue weighted by molar-refractivity contribution is 5.65. The summed E-state index contributed by atoms with van der Waals surface area (Å²) < 4.78 is 20.4. The quantitative estimate of drug-likeness (QED) is 0.453. The van der Waals surface area contributed by atoms with Gasteiger partial charge >= 0.3 is 0 Å². The van der Waals surface area contributed by atoms with Crippen LogP contribution in [0.3, 0.4) is 0 Å². The summed E-state index contributed by atoms with van der Waals surface area (Å²) in [4.78, 5) is 4.51. The second-order valence-corrected chi connectivity index (χ2v) is 8.29. The van der Waals surface area contributed by atoms with Crippen molar-refractivity contribution in [3.05, 3.63) is 66.2 Å². The maximum Gasteiger partial charge on any atom is 0.133 e. The molecular formula is C24H30FN5O. The standard InChI is InChI=1S/C24H30FN5O/c1-29(2)10-11-31-22-5-3-4-18(12-22)16-30(21-7-8-21)17-26-20-6-9-23(24(25)13-20)19-14-27-28-15-19/h3-6,9,12-15,21,26H,7-8,10-11,16-17H2,1-2H3,(H,27,28). The van der Waals surface area contributed by atoms with Gasteiger partial charge in [-0.05, 0) is 62.8 Å². The van der Waals surface area contributed by atoms with E-state index in [1.54, 1.807) is 24.5 Å². The number of nitrogens with zero attached hydrogens (tertiary/aromatic N) is 3. The predicted molar refractivity (Wildman–Crippen MR) is 122 cm³/mol. The molecule has 1 heterocycles. The van der Waals surface area contributed by atoms with Crippen molar-refractivity contribution in [1.82, 2.24) is 20.0 Å². The normalized spacial score (nSPS) is 13.7. The Bertz CT molecular complexity index is 972. The molecule has 0 atom stereocenters. The molecule has 0 spiro atoms. The highest BCUT2D eigenvalue weighted by atomic mass is 19.1. The van der Waals surface area contributed by atoms with E-state index in [1.165, 1.54) is 18.4 Å². The Morgan fingerprint density at radius 2 is 2.06 bits per heavy atom. The fraction of sp³-hybridized carbons (Fsp3) is 0.375. The molecule has 0 amide bonds. The monoisotopic (exact) mass is 423 g/mol. The number of nitrogens with one attached hydrogen (secondary N) is 2. The van der Waals surface area contributed by atoms with Gasteiger partial charge in [0.2, 0.25) is 0 Å². The van der Waals surface area contributed by atoms with Crippen LogP contribution in [0.1, 0.15) is 18.4 Å². The topological polar surface area (TPSA) is 56.4 Å². The molecule has 0 radical (unpaired) electrons. The van der Waals surface area contributed by atoms with Crippen LogP contribution in [-0.4, -0.2) is 60.0 Å². The minimum atomic E-state index is -0.257. The molecule has 0 aliphatic heterocycles. The van der Waals surface area contributed by atoms with Crippen molar-refractivity contribution in [2.45, 2.75) is 25.4 Å². The SMILES string of the molecule is CN(C)CCOc1cccc(CN(CNc2ccc(-c3cn[nH]c3)c(F)c2)C2CC2)c1. The summed E-state index contributed by atoms with van der Waals surface area (Å²) in [7, 11) is 4.08. The van der Waals surface area contributed by atoms with Gasteiger partial charge in [-0.3, -0.25) is 10.00 Å². The lowest BCUT2D eigenvalue weighted by Crippen LogP contribution is -2.31. The fourth-order valence-corrected chi connectivity index (χ4v) is 3.52. The summed E-state index contributed by atoms with van der Waals surface area (Å²) in [5, 5.41) is 10.0. The van der Waals surface area contributed by atoms with Crippen LogP contribution in [0, 0.1) is 5.82 Å². The second kappa shape index (κ2) is 9.94. The number of likely N-dealkylation sites (N-methyl/N-ethyl adjacent to an activating group) is 1. The third-order valence-electron chi connectivity index (χ3n) is 5.42. The molecule has 6 nitrogen and oxygen atoms in total. The van der Waals surface area contributed by atoms with E-state index in [9.17, 15) is 4.39 Å². The molecule has 1 saturated carbocycles. The van der Waals surface area contributed by atoms with Crippen LogP contribution in [-0.2, 0) is 6.54 Å². The van der Waals surface area contributed by atoms with Crippen molar-refractivity contribution in [2.75, 3.05) is 39.2 Å². The van der Waals surface area contributed by atoms with Gasteiger partial charge in [0.15, 0.2) is 0 Å². The Labute approximate surface area is 183 Å². The Hall–Kier alpha value is -2.90. The number of anilines is 1. The Morgan fingerprint density at radius 3 is 2.77 bits per heavy atom. The molecule has 164 valence electrons. The summed E-state index contributed by atoms with van der Waals surface area (Å²) in [5.74, 6) is 0.645. The zero-order valence-electron chi connectivity index (χ0n) is 18.1. The smallest absolute Gasteiger partial charge is 0.133 e. The first-order chi connectivity index (χ1) is 15.1. The minimum Gasteiger partial charge on any atom is -0.492 e. The number of rotatable bonds is 11. The van der Waals surface area contributed by atoms with Crippen molar-refractivity contribution in [3.63, 3.8) is 0 Å².